The molecule has 0 aliphatic heterocycles. The second-order valence-corrected chi connectivity index (χ2v) is 9.85. The zero-order valence-corrected chi connectivity index (χ0v) is 20.4. The maximum Gasteiger partial charge on any atom is 0.408 e. The van der Waals surface area contributed by atoms with E-state index < -0.39 is 29.6 Å². The summed E-state index contributed by atoms with van der Waals surface area (Å²) < 4.78 is 5.66. The first-order valence-electron chi connectivity index (χ1n) is 12.5. The standard InChI is InChI=1S/C28H34N2O5/c1-3-18(2)16-24(25(31)32)29-26(33)28(14-8-9-15-28)30-27(34)35-17-23-21-12-6-4-10-19(21)20-11-5-7-13-22(20)23/h4-7,10-13,18,23-24H,3,8-9,14-17H2,1-2H3,(H,29,33)(H,30,34)(H,31,32). The Hall–Kier alpha value is -3.35. The van der Waals surface area contributed by atoms with Crippen molar-refractivity contribution in [3.8, 4) is 11.1 Å². The van der Waals surface area contributed by atoms with Gasteiger partial charge in [0.15, 0.2) is 0 Å². The number of hydrogen-bond acceptors (Lipinski definition) is 4. The molecular formula is C28H34N2O5. The lowest BCUT2D eigenvalue weighted by Crippen LogP contribution is -2.60. The molecule has 2 atom stereocenters. The number of rotatable bonds is 9. The average Bonchev–Trinajstić information content (AvgIpc) is 3.45. The van der Waals surface area contributed by atoms with Crippen LogP contribution in [-0.4, -0.2) is 41.3 Å². The molecule has 7 nitrogen and oxygen atoms in total. The Morgan fingerprint density at radius 3 is 2.14 bits per heavy atom. The van der Waals surface area contributed by atoms with Gasteiger partial charge in [0.05, 0.1) is 0 Å². The lowest BCUT2D eigenvalue weighted by Gasteiger charge is -2.30. The third kappa shape index (κ3) is 5.19. The number of carboxylic acid groups (broad SMARTS) is 1. The van der Waals surface area contributed by atoms with Gasteiger partial charge in [0.1, 0.15) is 18.2 Å². The number of carbonyl (C=O) groups excluding carboxylic acids is 2. The minimum Gasteiger partial charge on any atom is -0.480 e. The predicted octanol–water partition coefficient (Wildman–Crippen LogP) is 4.84. The third-order valence-corrected chi connectivity index (χ3v) is 7.52. The Bertz CT molecular complexity index is 1050. The molecule has 2 amide bonds. The zero-order chi connectivity index (χ0) is 25.0. The summed E-state index contributed by atoms with van der Waals surface area (Å²) in [5.74, 6) is -1.42. The van der Waals surface area contributed by atoms with Crippen molar-refractivity contribution in [2.24, 2.45) is 5.92 Å². The third-order valence-electron chi connectivity index (χ3n) is 7.52. The summed E-state index contributed by atoms with van der Waals surface area (Å²) in [4.78, 5) is 37.9. The summed E-state index contributed by atoms with van der Waals surface area (Å²) in [6, 6.07) is 15.2. The van der Waals surface area contributed by atoms with Crippen molar-refractivity contribution in [1.29, 1.82) is 0 Å². The van der Waals surface area contributed by atoms with E-state index in [0.717, 1.165) is 41.5 Å². The summed E-state index contributed by atoms with van der Waals surface area (Å²) in [6.45, 7) is 4.11. The lowest BCUT2D eigenvalue weighted by molar-refractivity contribution is -0.143. The number of hydrogen-bond donors (Lipinski definition) is 3. The molecule has 0 radical (unpaired) electrons. The monoisotopic (exact) mass is 478 g/mol. The van der Waals surface area contributed by atoms with Crippen LogP contribution in [0.15, 0.2) is 48.5 Å². The van der Waals surface area contributed by atoms with Crippen LogP contribution in [0.25, 0.3) is 11.1 Å². The molecule has 1 fully saturated rings. The summed E-state index contributed by atoms with van der Waals surface area (Å²) in [5, 5.41) is 15.1. The smallest absolute Gasteiger partial charge is 0.408 e. The molecule has 2 aromatic rings. The first-order chi connectivity index (χ1) is 16.8. The number of carboxylic acids is 1. The maximum absolute atomic E-state index is 13.2. The topological polar surface area (TPSA) is 105 Å². The van der Waals surface area contributed by atoms with Gasteiger partial charge in [0.25, 0.3) is 0 Å². The van der Waals surface area contributed by atoms with Gasteiger partial charge in [-0.05, 0) is 47.4 Å². The fourth-order valence-electron chi connectivity index (χ4n) is 5.30. The molecule has 1 saturated carbocycles. The van der Waals surface area contributed by atoms with Gasteiger partial charge in [-0.25, -0.2) is 9.59 Å². The molecule has 35 heavy (non-hydrogen) atoms. The van der Waals surface area contributed by atoms with E-state index in [9.17, 15) is 19.5 Å². The highest BCUT2D eigenvalue weighted by Gasteiger charge is 2.44. The molecule has 0 spiro atoms. The summed E-state index contributed by atoms with van der Waals surface area (Å²) in [5.41, 5.74) is 3.37. The molecule has 2 aliphatic rings. The number of nitrogens with one attached hydrogen (secondary N) is 2. The van der Waals surface area contributed by atoms with Gasteiger partial charge in [0.2, 0.25) is 5.91 Å². The summed E-state index contributed by atoms with van der Waals surface area (Å²) in [7, 11) is 0. The zero-order valence-electron chi connectivity index (χ0n) is 20.4. The Morgan fingerprint density at radius 2 is 1.60 bits per heavy atom. The molecule has 0 bridgehead atoms. The first-order valence-corrected chi connectivity index (χ1v) is 12.5. The van der Waals surface area contributed by atoms with Crippen molar-refractivity contribution in [3.63, 3.8) is 0 Å². The van der Waals surface area contributed by atoms with Crippen LogP contribution >= 0.6 is 0 Å². The van der Waals surface area contributed by atoms with E-state index in [1.807, 2.05) is 38.1 Å². The Morgan fingerprint density at radius 1 is 1.03 bits per heavy atom. The van der Waals surface area contributed by atoms with Crippen LogP contribution in [0.5, 0.6) is 0 Å². The molecule has 0 saturated heterocycles. The number of alkyl carbamates (subject to hydrolysis) is 1. The van der Waals surface area contributed by atoms with E-state index in [2.05, 4.69) is 34.9 Å². The van der Waals surface area contributed by atoms with Crippen LogP contribution in [0.4, 0.5) is 4.79 Å². The number of benzene rings is 2. The Kier molecular flexibility index (Phi) is 7.43. The van der Waals surface area contributed by atoms with Gasteiger partial charge < -0.3 is 20.5 Å². The molecule has 0 aromatic heterocycles. The van der Waals surface area contributed by atoms with E-state index in [1.165, 1.54) is 0 Å². The van der Waals surface area contributed by atoms with E-state index >= 15 is 0 Å². The average molecular weight is 479 g/mol. The summed E-state index contributed by atoms with van der Waals surface area (Å²) in [6.07, 6.45) is 2.98. The number of ether oxygens (including phenoxy) is 1. The van der Waals surface area contributed by atoms with Crippen molar-refractivity contribution < 1.29 is 24.2 Å². The molecule has 0 heterocycles. The Balaban J connectivity index is 1.43. The fraction of sp³-hybridized carbons (Fsp3) is 0.464. The van der Waals surface area contributed by atoms with Crippen molar-refractivity contribution in [3.05, 3.63) is 59.7 Å². The molecular weight excluding hydrogens is 444 g/mol. The summed E-state index contributed by atoms with van der Waals surface area (Å²) >= 11 is 0. The molecule has 2 aromatic carbocycles. The van der Waals surface area contributed by atoms with Crippen molar-refractivity contribution in [2.45, 2.75) is 69.9 Å². The van der Waals surface area contributed by atoms with Crippen LogP contribution in [0, 0.1) is 5.92 Å². The van der Waals surface area contributed by atoms with Crippen LogP contribution < -0.4 is 10.6 Å². The highest BCUT2D eigenvalue weighted by Crippen LogP contribution is 2.44. The highest BCUT2D eigenvalue weighted by molar-refractivity contribution is 5.93. The SMILES string of the molecule is CCC(C)CC(NC(=O)C1(NC(=O)OCC2c3ccccc3-c3ccccc32)CCCC1)C(=O)O. The van der Waals surface area contributed by atoms with Crippen LogP contribution in [0.3, 0.4) is 0 Å². The Labute approximate surface area is 206 Å². The largest absolute Gasteiger partial charge is 0.480 e. The number of fused-ring (bicyclic) bond motifs is 3. The molecule has 3 N–H and O–H groups in total. The number of carbonyl (C=O) groups is 3. The minimum atomic E-state index is -1.15. The second kappa shape index (κ2) is 10.5. The quantitative estimate of drug-likeness (QED) is 0.478. The second-order valence-electron chi connectivity index (χ2n) is 9.85. The van der Waals surface area contributed by atoms with Crippen LogP contribution in [0.1, 0.15) is 69.4 Å². The number of aliphatic carboxylic acids is 1. The highest BCUT2D eigenvalue weighted by atomic mass is 16.5. The normalized spacial score (nSPS) is 17.7. The molecule has 7 heteroatoms. The fourth-order valence-corrected chi connectivity index (χ4v) is 5.30. The number of amides is 2. The molecule has 2 unspecified atom stereocenters. The minimum absolute atomic E-state index is 0.0755. The molecule has 2 aliphatic carbocycles. The maximum atomic E-state index is 13.2. The van der Waals surface area contributed by atoms with E-state index in [4.69, 9.17) is 4.74 Å². The lowest BCUT2D eigenvalue weighted by atomic mass is 9.94. The van der Waals surface area contributed by atoms with Gasteiger partial charge in [-0.1, -0.05) is 81.6 Å². The van der Waals surface area contributed by atoms with Crippen molar-refractivity contribution in [2.75, 3.05) is 6.61 Å². The predicted molar refractivity (Wildman–Crippen MR) is 133 cm³/mol. The van der Waals surface area contributed by atoms with Crippen LogP contribution in [0.2, 0.25) is 0 Å². The van der Waals surface area contributed by atoms with Gasteiger partial charge in [-0.3, -0.25) is 4.79 Å². The first kappa shape index (κ1) is 24.8. The van der Waals surface area contributed by atoms with Gasteiger partial charge in [0, 0.05) is 5.92 Å². The van der Waals surface area contributed by atoms with Crippen LogP contribution in [-0.2, 0) is 14.3 Å². The van der Waals surface area contributed by atoms with Gasteiger partial charge >= 0.3 is 12.1 Å². The van der Waals surface area contributed by atoms with E-state index in [1.54, 1.807) is 0 Å². The van der Waals surface area contributed by atoms with Gasteiger partial charge in [-0.15, -0.1) is 0 Å². The van der Waals surface area contributed by atoms with Crippen molar-refractivity contribution >= 4 is 18.0 Å². The van der Waals surface area contributed by atoms with E-state index in [-0.39, 0.29) is 18.4 Å². The van der Waals surface area contributed by atoms with Gasteiger partial charge in [-0.2, -0.15) is 0 Å². The van der Waals surface area contributed by atoms with E-state index in [0.29, 0.717) is 19.3 Å². The van der Waals surface area contributed by atoms with Crippen molar-refractivity contribution in [1.82, 2.24) is 10.6 Å². The molecule has 4 rings (SSSR count). The molecule has 186 valence electrons.